The molecular weight excluding hydrogens is 269 g/mol. The van der Waals surface area contributed by atoms with Gasteiger partial charge >= 0.3 is 0 Å². The van der Waals surface area contributed by atoms with Gasteiger partial charge in [0.2, 0.25) is 0 Å². The van der Waals surface area contributed by atoms with Crippen LogP contribution in [0.4, 0.5) is 0 Å². The first kappa shape index (κ1) is 10.8. The summed E-state index contributed by atoms with van der Waals surface area (Å²) in [6, 6.07) is 13.4. The van der Waals surface area contributed by atoms with Crippen molar-refractivity contribution in [2.75, 3.05) is 0 Å². The van der Waals surface area contributed by atoms with Crippen LogP contribution in [-0.4, -0.2) is 0 Å². The summed E-state index contributed by atoms with van der Waals surface area (Å²) in [5.74, 6) is 0. The number of hydrogen-bond donors (Lipinski definition) is 0. The topological polar surface area (TPSA) is 0 Å². The minimum atomic E-state index is 0. The van der Waals surface area contributed by atoms with Gasteiger partial charge in [0, 0.05) is 19.5 Å². The van der Waals surface area contributed by atoms with E-state index in [0.29, 0.717) is 0 Å². The van der Waals surface area contributed by atoms with E-state index in [1.165, 1.54) is 36.5 Å². The van der Waals surface area contributed by atoms with Gasteiger partial charge < -0.3 is 0 Å². The number of rotatable bonds is 0. The molecule has 0 fully saturated rings. The Hall–Kier alpha value is -0.677. The van der Waals surface area contributed by atoms with Crippen molar-refractivity contribution < 1.29 is 19.5 Å². The Morgan fingerprint density at radius 3 is 1.67 bits per heavy atom. The van der Waals surface area contributed by atoms with E-state index in [1.807, 2.05) is 0 Å². The molecule has 0 saturated carbocycles. The molecule has 0 spiro atoms. The van der Waals surface area contributed by atoms with Gasteiger partial charge in [0.25, 0.3) is 0 Å². The van der Waals surface area contributed by atoms with Crippen molar-refractivity contribution in [2.24, 2.45) is 0 Å². The second kappa shape index (κ2) is 4.45. The fourth-order valence-corrected chi connectivity index (χ4v) is 2.43. The summed E-state index contributed by atoms with van der Waals surface area (Å²) in [7, 11) is 0. The Bertz CT molecular complexity index is 429. The Balaban J connectivity index is 0.000000853. The van der Waals surface area contributed by atoms with Crippen LogP contribution in [0.5, 0.6) is 0 Å². The van der Waals surface area contributed by atoms with Crippen LogP contribution < -0.4 is 0 Å². The second-order valence-corrected chi connectivity index (χ2v) is 4.18. The number of fused-ring (bicyclic) bond motifs is 2. The van der Waals surface area contributed by atoms with Gasteiger partial charge in [-0.25, -0.2) is 0 Å². The zero-order valence-corrected chi connectivity index (χ0v) is 10.4. The maximum atomic E-state index is 2.38. The summed E-state index contributed by atoms with van der Waals surface area (Å²) in [5, 5.41) is 2.79. The predicted molar refractivity (Wildman–Crippen MR) is 60.6 cm³/mol. The first-order chi connectivity index (χ1) is 6.93. The van der Waals surface area contributed by atoms with Gasteiger partial charge in [-0.1, -0.05) is 36.4 Å². The molecule has 2 aromatic rings. The van der Waals surface area contributed by atoms with Crippen LogP contribution in [-0.2, 0) is 32.3 Å². The van der Waals surface area contributed by atoms with E-state index in [2.05, 4.69) is 36.4 Å². The Morgan fingerprint density at radius 2 is 1.20 bits per heavy atom. The Kier molecular flexibility index (Phi) is 3.21. The van der Waals surface area contributed by atoms with E-state index < -0.39 is 0 Å². The van der Waals surface area contributed by atoms with Crippen molar-refractivity contribution in [1.29, 1.82) is 0 Å². The molecule has 78 valence electrons. The smallest absolute Gasteiger partial charge is 0 e. The second-order valence-electron chi connectivity index (χ2n) is 4.18. The molecule has 0 heterocycles. The molecule has 0 aliphatic heterocycles. The van der Waals surface area contributed by atoms with Crippen molar-refractivity contribution in [3.63, 3.8) is 0 Å². The fraction of sp³-hybridized carbons (Fsp3) is 0.286. The summed E-state index contributed by atoms with van der Waals surface area (Å²) in [6.07, 6.45) is 5.29. The van der Waals surface area contributed by atoms with Gasteiger partial charge in [-0.2, -0.15) is 0 Å². The molecule has 1 heteroatoms. The third kappa shape index (κ3) is 1.99. The Morgan fingerprint density at radius 1 is 0.733 bits per heavy atom. The maximum absolute atomic E-state index is 2.38. The van der Waals surface area contributed by atoms with Crippen molar-refractivity contribution in [2.45, 2.75) is 25.7 Å². The zero-order chi connectivity index (χ0) is 9.38. The van der Waals surface area contributed by atoms with Gasteiger partial charge in [-0.3, -0.25) is 0 Å². The summed E-state index contributed by atoms with van der Waals surface area (Å²) >= 11 is 0. The SMILES string of the molecule is [Ru].c1ccc2cc3c(cc2c1)CCCC3. The maximum Gasteiger partial charge on any atom is 0 e. The van der Waals surface area contributed by atoms with E-state index >= 15 is 0 Å². The summed E-state index contributed by atoms with van der Waals surface area (Å²) < 4.78 is 0. The largest absolute Gasteiger partial charge is 0.0616 e. The molecule has 1 aliphatic rings. The van der Waals surface area contributed by atoms with Crippen LogP contribution >= 0.6 is 0 Å². The average Bonchev–Trinajstić information content (AvgIpc) is 2.26. The standard InChI is InChI=1S/C14H14.Ru/c1-2-6-12-10-14-8-4-3-7-13(14)9-11(12)5-1;/h1-2,5-6,9-10H,3-4,7-8H2;. The van der Waals surface area contributed by atoms with E-state index in [4.69, 9.17) is 0 Å². The van der Waals surface area contributed by atoms with E-state index in [0.717, 1.165) is 0 Å². The van der Waals surface area contributed by atoms with E-state index in [1.54, 1.807) is 11.1 Å². The molecule has 0 nitrogen and oxygen atoms in total. The average molecular weight is 283 g/mol. The Labute approximate surface area is 103 Å². The van der Waals surface area contributed by atoms with Crippen LogP contribution in [0.3, 0.4) is 0 Å². The van der Waals surface area contributed by atoms with Crippen molar-refractivity contribution in [1.82, 2.24) is 0 Å². The van der Waals surface area contributed by atoms with Crippen LogP contribution in [0.2, 0.25) is 0 Å². The monoisotopic (exact) mass is 284 g/mol. The molecule has 2 aromatic carbocycles. The third-order valence-corrected chi connectivity index (χ3v) is 3.21. The molecule has 3 rings (SSSR count). The van der Waals surface area contributed by atoms with Crippen molar-refractivity contribution in [3.05, 3.63) is 47.5 Å². The molecule has 0 bridgehead atoms. The van der Waals surface area contributed by atoms with Gasteiger partial charge in [-0.05, 0) is 47.6 Å². The number of hydrogen-bond acceptors (Lipinski definition) is 0. The minimum Gasteiger partial charge on any atom is -0.0616 e. The molecule has 0 amide bonds. The molecular formula is C14H14Ru. The van der Waals surface area contributed by atoms with Crippen molar-refractivity contribution in [3.8, 4) is 0 Å². The molecule has 1 aliphatic carbocycles. The first-order valence-corrected chi connectivity index (χ1v) is 5.44. The molecule has 0 atom stereocenters. The number of aryl methyl sites for hydroxylation is 2. The summed E-state index contributed by atoms with van der Waals surface area (Å²) in [4.78, 5) is 0. The van der Waals surface area contributed by atoms with Gasteiger partial charge in [0.05, 0.1) is 0 Å². The first-order valence-electron chi connectivity index (χ1n) is 5.44. The van der Waals surface area contributed by atoms with Crippen LogP contribution in [0.15, 0.2) is 36.4 Å². The summed E-state index contributed by atoms with van der Waals surface area (Å²) in [5.41, 5.74) is 3.16. The number of benzene rings is 2. The zero-order valence-electron chi connectivity index (χ0n) is 8.65. The van der Waals surface area contributed by atoms with E-state index in [-0.39, 0.29) is 19.5 Å². The minimum absolute atomic E-state index is 0. The predicted octanol–water partition coefficient (Wildman–Crippen LogP) is 3.72. The van der Waals surface area contributed by atoms with Gasteiger partial charge in [0.15, 0.2) is 0 Å². The molecule has 0 radical (unpaired) electrons. The van der Waals surface area contributed by atoms with Crippen LogP contribution in [0.25, 0.3) is 10.8 Å². The quantitative estimate of drug-likeness (QED) is 0.646. The fourth-order valence-electron chi connectivity index (χ4n) is 2.43. The summed E-state index contributed by atoms with van der Waals surface area (Å²) in [6.45, 7) is 0. The van der Waals surface area contributed by atoms with Gasteiger partial charge in [0.1, 0.15) is 0 Å². The molecule has 15 heavy (non-hydrogen) atoms. The molecule has 0 saturated heterocycles. The molecule has 0 aromatic heterocycles. The van der Waals surface area contributed by atoms with Crippen LogP contribution in [0, 0.1) is 0 Å². The van der Waals surface area contributed by atoms with Crippen molar-refractivity contribution >= 4 is 10.8 Å². The molecule has 0 unspecified atom stereocenters. The third-order valence-electron chi connectivity index (χ3n) is 3.21. The molecule has 0 N–H and O–H groups in total. The van der Waals surface area contributed by atoms with Gasteiger partial charge in [-0.15, -0.1) is 0 Å². The normalized spacial score (nSPS) is 14.4. The van der Waals surface area contributed by atoms with Crippen LogP contribution in [0.1, 0.15) is 24.0 Å². The van der Waals surface area contributed by atoms with E-state index in [9.17, 15) is 0 Å².